The number of para-hydroxylation sites is 1. The Labute approximate surface area is 167 Å². The van der Waals surface area contributed by atoms with E-state index in [1.807, 2.05) is 0 Å². The Balaban J connectivity index is 1.35. The van der Waals surface area contributed by atoms with Crippen LogP contribution >= 0.6 is 11.6 Å². The first-order chi connectivity index (χ1) is 13.4. The van der Waals surface area contributed by atoms with Crippen molar-refractivity contribution in [3.8, 4) is 0 Å². The second-order valence-corrected chi connectivity index (χ2v) is 8.15. The minimum absolute atomic E-state index is 0.251. The van der Waals surface area contributed by atoms with E-state index in [1.54, 1.807) is 24.3 Å². The predicted octanol–water partition coefficient (Wildman–Crippen LogP) is 2.24. The molecule has 3 aliphatic rings. The van der Waals surface area contributed by atoms with Gasteiger partial charge in [0.2, 0.25) is 11.8 Å². The highest BCUT2D eigenvalue weighted by atomic mass is 35.5. The van der Waals surface area contributed by atoms with Gasteiger partial charge in [0.15, 0.2) is 6.61 Å². The van der Waals surface area contributed by atoms with Crippen molar-refractivity contribution in [1.82, 2.24) is 4.90 Å². The third kappa shape index (κ3) is 3.07. The van der Waals surface area contributed by atoms with Crippen LogP contribution < -0.4 is 5.32 Å². The van der Waals surface area contributed by atoms with E-state index in [4.69, 9.17) is 16.3 Å². The van der Waals surface area contributed by atoms with E-state index >= 15 is 0 Å². The number of esters is 1. The third-order valence-electron chi connectivity index (χ3n) is 6.18. The number of nitrogens with zero attached hydrogens (tertiary/aromatic N) is 1. The first-order valence-corrected chi connectivity index (χ1v) is 9.84. The van der Waals surface area contributed by atoms with E-state index in [1.165, 1.54) is 6.92 Å². The Kier molecular flexibility index (Phi) is 4.87. The maximum atomic E-state index is 12.8. The second-order valence-electron chi connectivity index (χ2n) is 7.74. The van der Waals surface area contributed by atoms with Gasteiger partial charge in [-0.05, 0) is 50.2 Å². The quantitative estimate of drug-likeness (QED) is 0.600. The number of carbonyl (C=O) groups is 4. The minimum atomic E-state index is -1.04. The minimum Gasteiger partial charge on any atom is -0.454 e. The lowest BCUT2D eigenvalue weighted by molar-refractivity contribution is -0.159. The van der Waals surface area contributed by atoms with Crippen LogP contribution in [0.3, 0.4) is 0 Å². The number of amides is 3. The molecular formula is C20H21ClN2O5. The number of halogens is 1. The van der Waals surface area contributed by atoms with Gasteiger partial charge >= 0.3 is 5.97 Å². The predicted molar refractivity (Wildman–Crippen MR) is 100 cm³/mol. The summed E-state index contributed by atoms with van der Waals surface area (Å²) >= 11 is 5.97. The molecule has 0 radical (unpaired) electrons. The van der Waals surface area contributed by atoms with Crippen molar-refractivity contribution >= 4 is 41.0 Å². The van der Waals surface area contributed by atoms with Gasteiger partial charge in [-0.3, -0.25) is 19.3 Å². The Morgan fingerprint density at radius 1 is 1.18 bits per heavy atom. The zero-order chi connectivity index (χ0) is 20.0. The van der Waals surface area contributed by atoms with E-state index in [0.29, 0.717) is 10.7 Å². The summed E-state index contributed by atoms with van der Waals surface area (Å²) in [6, 6.07) is 5.65. The molecule has 0 unspecified atom stereocenters. The number of fused-ring (bicyclic) bond motifs is 5. The molecule has 2 saturated carbocycles. The zero-order valence-corrected chi connectivity index (χ0v) is 16.1. The van der Waals surface area contributed by atoms with Crippen LogP contribution in [0.5, 0.6) is 0 Å². The highest BCUT2D eigenvalue weighted by Crippen LogP contribution is 2.56. The summed E-state index contributed by atoms with van der Waals surface area (Å²) in [5.41, 5.74) is 0.409. The van der Waals surface area contributed by atoms with Crippen LogP contribution in [0.4, 0.5) is 5.69 Å². The number of nitrogens with one attached hydrogen (secondary N) is 1. The van der Waals surface area contributed by atoms with Gasteiger partial charge in [0.05, 0.1) is 22.5 Å². The summed E-state index contributed by atoms with van der Waals surface area (Å²) in [5, 5.41) is 2.91. The van der Waals surface area contributed by atoms with E-state index in [2.05, 4.69) is 5.32 Å². The van der Waals surface area contributed by atoms with Crippen molar-refractivity contribution in [2.75, 3.05) is 11.9 Å². The van der Waals surface area contributed by atoms with Crippen molar-refractivity contribution in [2.24, 2.45) is 23.7 Å². The van der Waals surface area contributed by atoms with Crippen molar-refractivity contribution < 1.29 is 23.9 Å². The van der Waals surface area contributed by atoms with Crippen molar-refractivity contribution in [3.05, 3.63) is 29.3 Å². The van der Waals surface area contributed by atoms with Crippen LogP contribution in [0.15, 0.2) is 24.3 Å². The highest BCUT2D eigenvalue weighted by molar-refractivity contribution is 6.33. The van der Waals surface area contributed by atoms with Gasteiger partial charge in [0.25, 0.3) is 5.91 Å². The summed E-state index contributed by atoms with van der Waals surface area (Å²) in [5.74, 6) is -1.94. The summed E-state index contributed by atoms with van der Waals surface area (Å²) in [6.07, 6.45) is 2.88. The molecule has 8 heteroatoms. The average molecular weight is 405 g/mol. The van der Waals surface area contributed by atoms with Gasteiger partial charge in [-0.2, -0.15) is 0 Å². The fourth-order valence-corrected chi connectivity index (χ4v) is 5.11. The van der Waals surface area contributed by atoms with Gasteiger partial charge in [0.1, 0.15) is 6.04 Å². The smallest absolute Gasteiger partial charge is 0.329 e. The van der Waals surface area contributed by atoms with Crippen molar-refractivity contribution in [2.45, 2.75) is 32.2 Å². The largest absolute Gasteiger partial charge is 0.454 e. The molecule has 0 spiro atoms. The zero-order valence-electron chi connectivity index (χ0n) is 15.4. The number of carbonyl (C=O) groups excluding carboxylic acids is 4. The lowest BCUT2D eigenvalue weighted by atomic mass is 9.81. The van der Waals surface area contributed by atoms with Crippen LogP contribution in [0, 0.1) is 23.7 Å². The third-order valence-corrected chi connectivity index (χ3v) is 6.51. The lowest BCUT2D eigenvalue weighted by Crippen LogP contribution is -2.45. The molecule has 2 bridgehead atoms. The first kappa shape index (κ1) is 18.9. The molecule has 28 heavy (non-hydrogen) atoms. The maximum Gasteiger partial charge on any atom is 0.329 e. The molecule has 7 nitrogen and oxygen atoms in total. The average Bonchev–Trinajstić information content (AvgIpc) is 3.35. The number of hydrogen-bond acceptors (Lipinski definition) is 5. The molecular weight excluding hydrogens is 384 g/mol. The van der Waals surface area contributed by atoms with Crippen molar-refractivity contribution in [1.29, 1.82) is 0 Å². The molecule has 148 valence electrons. The number of likely N-dealkylation sites (tertiary alicyclic amines) is 1. The molecule has 3 amide bonds. The molecule has 5 atom stereocenters. The number of imide groups is 1. The van der Waals surface area contributed by atoms with E-state index < -0.39 is 24.5 Å². The standard InChI is InChI=1S/C20H21ClN2O5/c1-10(20(27)28-9-15(24)22-14-5-3-2-4-13(14)21)23-18(25)16-11-6-7-12(8-11)17(16)19(23)26/h2-5,10-12,16-17H,6-9H2,1H3,(H,22,24)/t10-,11+,12+,16-,17+/m1/s1. The van der Waals surface area contributed by atoms with E-state index in [0.717, 1.165) is 24.2 Å². The highest BCUT2D eigenvalue weighted by Gasteiger charge is 2.62. The second kappa shape index (κ2) is 7.20. The Morgan fingerprint density at radius 3 is 2.39 bits per heavy atom. The Morgan fingerprint density at radius 2 is 1.79 bits per heavy atom. The monoisotopic (exact) mass is 404 g/mol. The van der Waals surface area contributed by atoms with Gasteiger partial charge in [0, 0.05) is 0 Å². The number of anilines is 1. The van der Waals surface area contributed by atoms with Crippen LogP contribution in [-0.4, -0.2) is 41.2 Å². The van der Waals surface area contributed by atoms with Gasteiger partial charge in [-0.25, -0.2) is 4.79 Å². The normalized spacial score (nSPS) is 29.0. The number of ether oxygens (including phenoxy) is 1. The fourth-order valence-electron chi connectivity index (χ4n) is 4.93. The molecule has 2 aliphatic carbocycles. The molecule has 1 aromatic carbocycles. The molecule has 1 N–H and O–H groups in total. The Hall–Kier alpha value is -2.41. The fraction of sp³-hybridized carbons (Fsp3) is 0.500. The SMILES string of the molecule is C[C@H](C(=O)OCC(=O)Nc1ccccc1Cl)N1C(=O)[C@@H]2[C@H]3CC[C@@H](C3)[C@@H]2C1=O. The molecule has 4 rings (SSSR count). The summed E-state index contributed by atoms with van der Waals surface area (Å²) in [7, 11) is 0. The lowest BCUT2D eigenvalue weighted by Gasteiger charge is -2.23. The summed E-state index contributed by atoms with van der Waals surface area (Å²) in [4.78, 5) is 50.9. The first-order valence-electron chi connectivity index (χ1n) is 9.46. The van der Waals surface area contributed by atoms with Crippen molar-refractivity contribution in [3.63, 3.8) is 0 Å². The topological polar surface area (TPSA) is 92.8 Å². The molecule has 1 aromatic rings. The molecule has 1 aliphatic heterocycles. The van der Waals surface area contributed by atoms with Gasteiger partial charge in [-0.1, -0.05) is 23.7 Å². The molecule has 1 heterocycles. The van der Waals surface area contributed by atoms with Crippen LogP contribution in [-0.2, 0) is 23.9 Å². The molecule has 0 aromatic heterocycles. The molecule has 3 fully saturated rings. The molecule has 1 saturated heterocycles. The van der Waals surface area contributed by atoms with Crippen LogP contribution in [0.25, 0.3) is 0 Å². The van der Waals surface area contributed by atoms with E-state index in [9.17, 15) is 19.2 Å². The van der Waals surface area contributed by atoms with Crippen LogP contribution in [0.2, 0.25) is 5.02 Å². The Bertz CT molecular complexity index is 829. The number of benzene rings is 1. The number of rotatable bonds is 5. The summed E-state index contributed by atoms with van der Waals surface area (Å²) in [6.45, 7) is 0.940. The maximum absolute atomic E-state index is 12.8. The summed E-state index contributed by atoms with van der Waals surface area (Å²) < 4.78 is 5.04. The van der Waals surface area contributed by atoms with Gasteiger partial charge in [-0.15, -0.1) is 0 Å². The van der Waals surface area contributed by atoms with Crippen LogP contribution in [0.1, 0.15) is 26.2 Å². The van der Waals surface area contributed by atoms with E-state index in [-0.39, 0.29) is 35.5 Å². The van der Waals surface area contributed by atoms with Gasteiger partial charge < -0.3 is 10.1 Å². The number of hydrogen-bond donors (Lipinski definition) is 1.